The van der Waals surface area contributed by atoms with Gasteiger partial charge in [-0.15, -0.1) is 0 Å². The second-order valence-electron chi connectivity index (χ2n) is 8.82. The number of imide groups is 1. The predicted molar refractivity (Wildman–Crippen MR) is 133 cm³/mol. The Hall–Kier alpha value is -5.17. The number of rotatable bonds is 4. The number of benzene rings is 2. The van der Waals surface area contributed by atoms with Gasteiger partial charge in [-0.25, -0.2) is 4.79 Å². The molecule has 2 aliphatic rings. The minimum Gasteiger partial charge on any atom is -0.497 e. The van der Waals surface area contributed by atoms with Crippen molar-refractivity contribution in [2.24, 2.45) is 0 Å². The summed E-state index contributed by atoms with van der Waals surface area (Å²) in [6.45, 7) is 0.189. The SMILES string of the molecule is COc1ccc2c(c1)C(=O)N(C[C@@]1(C#Cc3ccc4c(-c5ccncc5)n[nH]c4c3)NC(=O)NC1=O)C2. The number of H-pyrrole nitrogens is 1. The Bertz CT molecular complexity index is 1650. The van der Waals surface area contributed by atoms with Gasteiger partial charge in [0.25, 0.3) is 11.8 Å². The first-order valence-corrected chi connectivity index (χ1v) is 11.5. The number of carbonyl (C=O) groups is 3. The smallest absolute Gasteiger partial charge is 0.323 e. The van der Waals surface area contributed by atoms with Crippen molar-refractivity contribution in [3.63, 3.8) is 0 Å². The van der Waals surface area contributed by atoms with E-state index < -0.39 is 17.5 Å². The van der Waals surface area contributed by atoms with E-state index in [1.54, 1.807) is 24.5 Å². The van der Waals surface area contributed by atoms with Crippen molar-refractivity contribution >= 4 is 28.7 Å². The van der Waals surface area contributed by atoms with Crippen molar-refractivity contribution in [3.05, 3.63) is 77.6 Å². The van der Waals surface area contributed by atoms with E-state index in [1.807, 2.05) is 36.4 Å². The van der Waals surface area contributed by atoms with Crippen LogP contribution in [0.5, 0.6) is 5.75 Å². The van der Waals surface area contributed by atoms with Crippen LogP contribution >= 0.6 is 0 Å². The molecule has 2 aromatic heterocycles. The average Bonchev–Trinajstić information content (AvgIpc) is 3.56. The second-order valence-corrected chi connectivity index (χ2v) is 8.82. The fourth-order valence-corrected chi connectivity index (χ4v) is 4.62. The van der Waals surface area contributed by atoms with Crippen LogP contribution < -0.4 is 15.4 Å². The van der Waals surface area contributed by atoms with Crippen LogP contribution in [0.2, 0.25) is 0 Å². The Morgan fingerprint density at radius 3 is 2.68 bits per heavy atom. The number of aromatic amines is 1. The highest BCUT2D eigenvalue weighted by molar-refractivity contribution is 6.10. The summed E-state index contributed by atoms with van der Waals surface area (Å²) in [5, 5.41) is 13.2. The number of carbonyl (C=O) groups excluding carboxylic acids is 3. The summed E-state index contributed by atoms with van der Waals surface area (Å²) < 4.78 is 5.23. The number of urea groups is 1. The van der Waals surface area contributed by atoms with Crippen molar-refractivity contribution in [1.82, 2.24) is 30.7 Å². The molecular weight excluding hydrogens is 472 g/mol. The molecule has 1 atom stereocenters. The number of ether oxygens (including phenoxy) is 1. The molecule has 0 bridgehead atoms. The molecule has 4 amide bonds. The molecule has 0 radical (unpaired) electrons. The van der Waals surface area contributed by atoms with Gasteiger partial charge in [-0.3, -0.25) is 25.0 Å². The van der Waals surface area contributed by atoms with Crippen molar-refractivity contribution in [3.8, 4) is 28.8 Å². The third kappa shape index (κ3) is 3.83. The van der Waals surface area contributed by atoms with E-state index in [4.69, 9.17) is 4.74 Å². The van der Waals surface area contributed by atoms with Crippen LogP contribution in [0.4, 0.5) is 4.79 Å². The van der Waals surface area contributed by atoms with E-state index in [1.165, 1.54) is 12.0 Å². The quantitative estimate of drug-likeness (QED) is 0.296. The first-order chi connectivity index (χ1) is 18.0. The number of nitrogens with one attached hydrogen (secondary N) is 3. The molecule has 0 spiro atoms. The van der Waals surface area contributed by atoms with Gasteiger partial charge < -0.3 is 15.0 Å². The van der Waals surface area contributed by atoms with E-state index in [0.29, 0.717) is 23.4 Å². The molecule has 4 heterocycles. The van der Waals surface area contributed by atoms with Gasteiger partial charge in [0, 0.05) is 41.0 Å². The fraction of sp³-hybridized carbons (Fsp3) is 0.148. The maximum Gasteiger partial charge on any atom is 0.323 e. The number of amides is 4. The third-order valence-corrected chi connectivity index (χ3v) is 6.50. The van der Waals surface area contributed by atoms with Crippen molar-refractivity contribution in [2.45, 2.75) is 12.1 Å². The van der Waals surface area contributed by atoms with Crippen LogP contribution in [0, 0.1) is 11.8 Å². The van der Waals surface area contributed by atoms with Crippen LogP contribution in [0.3, 0.4) is 0 Å². The average molecular weight is 492 g/mol. The molecule has 6 rings (SSSR count). The van der Waals surface area contributed by atoms with Gasteiger partial charge in [0.1, 0.15) is 11.4 Å². The van der Waals surface area contributed by atoms with Crippen LogP contribution in [0.1, 0.15) is 21.5 Å². The molecule has 3 N–H and O–H groups in total. The zero-order valence-electron chi connectivity index (χ0n) is 19.7. The van der Waals surface area contributed by atoms with Crippen molar-refractivity contribution in [1.29, 1.82) is 0 Å². The molecule has 0 saturated carbocycles. The Labute approximate surface area is 211 Å². The summed E-state index contributed by atoms with van der Waals surface area (Å²) in [5.41, 5.74) is 2.83. The summed E-state index contributed by atoms with van der Waals surface area (Å²) in [6.07, 6.45) is 3.41. The molecule has 4 aromatic rings. The summed E-state index contributed by atoms with van der Waals surface area (Å²) in [4.78, 5) is 43.6. The summed E-state index contributed by atoms with van der Waals surface area (Å²) in [5.74, 6) is 5.65. The molecule has 1 saturated heterocycles. The van der Waals surface area contributed by atoms with Gasteiger partial charge in [0.15, 0.2) is 0 Å². The van der Waals surface area contributed by atoms with Crippen LogP contribution in [0.15, 0.2) is 60.9 Å². The lowest BCUT2D eigenvalue weighted by molar-refractivity contribution is -0.122. The van der Waals surface area contributed by atoms with Gasteiger partial charge in [-0.2, -0.15) is 5.10 Å². The zero-order valence-corrected chi connectivity index (χ0v) is 19.7. The monoisotopic (exact) mass is 492 g/mol. The number of nitrogens with zero attached hydrogens (tertiary/aromatic N) is 3. The third-order valence-electron chi connectivity index (χ3n) is 6.50. The summed E-state index contributed by atoms with van der Waals surface area (Å²) >= 11 is 0. The highest BCUT2D eigenvalue weighted by atomic mass is 16.5. The lowest BCUT2D eigenvalue weighted by Crippen LogP contribution is -2.54. The largest absolute Gasteiger partial charge is 0.497 e. The van der Waals surface area contributed by atoms with E-state index in [-0.39, 0.29) is 12.5 Å². The number of aromatic nitrogens is 3. The number of hydrogen-bond acceptors (Lipinski definition) is 6. The molecule has 0 unspecified atom stereocenters. The van der Waals surface area contributed by atoms with Gasteiger partial charge in [-0.1, -0.05) is 17.9 Å². The standard InChI is InChI=1S/C27H20N6O4/c1-37-19-4-3-18-14-33(24(34)21(18)13-19)15-27(25(35)29-26(36)30-27)9-6-16-2-5-20-22(12-16)31-32-23(20)17-7-10-28-11-8-17/h2-5,7-8,10-13H,14-15H2,1H3,(H,31,32)(H2,29,30,35,36)/t27-/m1/s1. The highest BCUT2D eigenvalue weighted by Gasteiger charge is 2.48. The lowest BCUT2D eigenvalue weighted by atomic mass is 9.98. The second kappa shape index (κ2) is 8.49. The highest BCUT2D eigenvalue weighted by Crippen LogP contribution is 2.29. The van der Waals surface area contributed by atoms with E-state index in [2.05, 4.69) is 37.7 Å². The topological polar surface area (TPSA) is 129 Å². The molecule has 182 valence electrons. The lowest BCUT2D eigenvalue weighted by Gasteiger charge is -2.26. The summed E-state index contributed by atoms with van der Waals surface area (Å²) in [6, 6.07) is 13.9. The molecule has 10 heteroatoms. The Kier molecular flexibility index (Phi) is 5.12. The Morgan fingerprint density at radius 1 is 1.08 bits per heavy atom. The van der Waals surface area contributed by atoms with Gasteiger partial charge >= 0.3 is 6.03 Å². The Balaban J connectivity index is 1.31. The number of pyridine rings is 1. The van der Waals surface area contributed by atoms with E-state index in [0.717, 1.165) is 27.7 Å². The normalized spacial score (nSPS) is 18.3. The summed E-state index contributed by atoms with van der Waals surface area (Å²) in [7, 11) is 1.53. The molecule has 10 nitrogen and oxygen atoms in total. The van der Waals surface area contributed by atoms with Crippen LogP contribution in [-0.2, 0) is 11.3 Å². The molecular formula is C27H20N6O4. The van der Waals surface area contributed by atoms with Crippen LogP contribution in [-0.4, -0.2) is 57.1 Å². The van der Waals surface area contributed by atoms with Crippen molar-refractivity contribution in [2.75, 3.05) is 13.7 Å². The number of methoxy groups -OCH3 is 1. The van der Waals surface area contributed by atoms with Gasteiger partial charge in [0.2, 0.25) is 5.54 Å². The number of fused-ring (bicyclic) bond motifs is 2. The molecule has 2 aromatic carbocycles. The maximum atomic E-state index is 13.1. The molecule has 37 heavy (non-hydrogen) atoms. The minimum absolute atomic E-state index is 0.105. The molecule has 2 aliphatic heterocycles. The first-order valence-electron chi connectivity index (χ1n) is 11.5. The van der Waals surface area contributed by atoms with Gasteiger partial charge in [-0.05, 0) is 48.0 Å². The number of hydrogen-bond donors (Lipinski definition) is 3. The maximum absolute atomic E-state index is 13.1. The van der Waals surface area contributed by atoms with E-state index >= 15 is 0 Å². The zero-order chi connectivity index (χ0) is 25.6. The molecule has 0 aliphatic carbocycles. The first kappa shape index (κ1) is 22.3. The van der Waals surface area contributed by atoms with E-state index in [9.17, 15) is 14.4 Å². The predicted octanol–water partition coefficient (Wildman–Crippen LogP) is 2.22. The fourth-order valence-electron chi connectivity index (χ4n) is 4.62. The van der Waals surface area contributed by atoms with Gasteiger partial charge in [0.05, 0.1) is 19.2 Å². The minimum atomic E-state index is -1.59. The Morgan fingerprint density at radius 2 is 1.92 bits per heavy atom. The molecule has 1 fully saturated rings. The van der Waals surface area contributed by atoms with Crippen LogP contribution in [0.25, 0.3) is 22.2 Å². The van der Waals surface area contributed by atoms with Crippen molar-refractivity contribution < 1.29 is 19.1 Å².